The number of amides is 1. The number of esters is 1. The van der Waals surface area contributed by atoms with E-state index in [9.17, 15) is 22.8 Å². The number of carbonyl (C=O) groups is 2. The zero-order valence-corrected chi connectivity index (χ0v) is 15.9. The van der Waals surface area contributed by atoms with Crippen LogP contribution in [0.15, 0.2) is 40.8 Å². The van der Waals surface area contributed by atoms with E-state index in [1.165, 1.54) is 36.3 Å². The van der Waals surface area contributed by atoms with Gasteiger partial charge in [0.25, 0.3) is 5.91 Å². The first-order valence-corrected chi connectivity index (χ1v) is 8.75. The predicted octanol–water partition coefficient (Wildman–Crippen LogP) is 4.63. The van der Waals surface area contributed by atoms with Crippen molar-refractivity contribution in [2.45, 2.75) is 26.4 Å². The van der Waals surface area contributed by atoms with Crippen molar-refractivity contribution in [3.63, 3.8) is 0 Å². The Kier molecular flexibility index (Phi) is 6.88. The maximum Gasteiger partial charge on any atom is 0.416 e. The van der Waals surface area contributed by atoms with Crippen LogP contribution in [0.25, 0.3) is 11.3 Å². The Morgan fingerprint density at radius 3 is 2.50 bits per heavy atom. The van der Waals surface area contributed by atoms with Gasteiger partial charge < -0.3 is 14.1 Å². The van der Waals surface area contributed by atoms with Crippen molar-refractivity contribution in [2.75, 3.05) is 20.2 Å². The van der Waals surface area contributed by atoms with Crippen molar-refractivity contribution in [2.24, 2.45) is 5.92 Å². The summed E-state index contributed by atoms with van der Waals surface area (Å²) < 4.78 is 48.8. The molecule has 0 aliphatic heterocycles. The number of nitrogens with zero attached hydrogens (tertiary/aromatic N) is 1. The molecule has 0 radical (unpaired) electrons. The molecular formula is C20H22F3NO4. The molecule has 2 rings (SSSR count). The maximum absolute atomic E-state index is 12.9. The minimum atomic E-state index is -4.47. The lowest BCUT2D eigenvalue weighted by Gasteiger charge is -2.23. The van der Waals surface area contributed by atoms with Crippen molar-refractivity contribution in [1.29, 1.82) is 0 Å². The van der Waals surface area contributed by atoms with Gasteiger partial charge in [0.1, 0.15) is 5.76 Å². The molecular weight excluding hydrogens is 375 g/mol. The average molecular weight is 397 g/mol. The van der Waals surface area contributed by atoms with Crippen LogP contribution in [-0.4, -0.2) is 37.0 Å². The van der Waals surface area contributed by atoms with Crippen LogP contribution in [0.2, 0.25) is 0 Å². The van der Waals surface area contributed by atoms with Crippen LogP contribution in [0.3, 0.4) is 0 Å². The van der Waals surface area contributed by atoms with E-state index in [4.69, 9.17) is 4.42 Å². The van der Waals surface area contributed by atoms with Crippen LogP contribution in [0.5, 0.6) is 0 Å². The van der Waals surface area contributed by atoms with Gasteiger partial charge in [0, 0.05) is 18.7 Å². The first kappa shape index (κ1) is 21.5. The molecule has 0 saturated carbocycles. The molecule has 0 atom stereocenters. The van der Waals surface area contributed by atoms with Gasteiger partial charge in [-0.3, -0.25) is 9.59 Å². The van der Waals surface area contributed by atoms with Gasteiger partial charge in [-0.15, -0.1) is 0 Å². The van der Waals surface area contributed by atoms with Crippen molar-refractivity contribution < 1.29 is 31.9 Å². The van der Waals surface area contributed by atoms with E-state index in [0.717, 1.165) is 12.1 Å². The van der Waals surface area contributed by atoms with Crippen LogP contribution in [0.1, 0.15) is 36.4 Å². The van der Waals surface area contributed by atoms with Crippen LogP contribution in [-0.2, 0) is 15.7 Å². The predicted molar refractivity (Wildman–Crippen MR) is 96.5 cm³/mol. The monoisotopic (exact) mass is 397 g/mol. The highest BCUT2D eigenvalue weighted by Crippen LogP contribution is 2.32. The fourth-order valence-corrected chi connectivity index (χ4v) is 2.66. The van der Waals surface area contributed by atoms with Gasteiger partial charge in [0.2, 0.25) is 0 Å². The fourth-order valence-electron chi connectivity index (χ4n) is 2.66. The first-order chi connectivity index (χ1) is 13.1. The molecule has 0 aliphatic rings. The Morgan fingerprint density at radius 1 is 1.18 bits per heavy atom. The topological polar surface area (TPSA) is 59.8 Å². The quantitative estimate of drug-likeness (QED) is 0.640. The number of carbonyl (C=O) groups excluding carboxylic acids is 2. The second kappa shape index (κ2) is 8.95. The van der Waals surface area contributed by atoms with Crippen molar-refractivity contribution in [1.82, 2.24) is 4.90 Å². The standard InChI is InChI=1S/C20H22F3NO4/c1-13(2)12-24(10-9-18(25)27-3)19(26)17-8-7-16(28-17)14-5-4-6-15(11-14)20(21,22)23/h4-8,11,13H,9-10,12H2,1-3H3. The SMILES string of the molecule is COC(=O)CCN(CC(C)C)C(=O)c1ccc(-c2cccc(C(F)(F)F)c2)o1. The van der Waals surface area contributed by atoms with E-state index in [1.807, 2.05) is 13.8 Å². The molecule has 152 valence electrons. The Morgan fingerprint density at radius 2 is 1.89 bits per heavy atom. The molecule has 8 heteroatoms. The van der Waals surface area contributed by atoms with Gasteiger partial charge in [-0.05, 0) is 30.2 Å². The maximum atomic E-state index is 12.9. The zero-order valence-electron chi connectivity index (χ0n) is 15.9. The number of rotatable bonds is 7. The van der Waals surface area contributed by atoms with Crippen LogP contribution >= 0.6 is 0 Å². The minimum Gasteiger partial charge on any atom is -0.469 e. The second-order valence-corrected chi connectivity index (χ2v) is 6.71. The zero-order chi connectivity index (χ0) is 20.9. The molecule has 0 bridgehead atoms. The molecule has 0 fully saturated rings. The summed E-state index contributed by atoms with van der Waals surface area (Å²) in [4.78, 5) is 25.6. The smallest absolute Gasteiger partial charge is 0.416 e. The van der Waals surface area contributed by atoms with Crippen molar-refractivity contribution >= 4 is 11.9 Å². The Bertz CT molecular complexity index is 827. The van der Waals surface area contributed by atoms with Crippen LogP contribution < -0.4 is 0 Å². The van der Waals surface area contributed by atoms with Gasteiger partial charge in [-0.2, -0.15) is 13.2 Å². The summed E-state index contributed by atoms with van der Waals surface area (Å²) in [5, 5.41) is 0. The normalized spacial score (nSPS) is 11.5. The van der Waals surface area contributed by atoms with Gasteiger partial charge in [0.05, 0.1) is 19.1 Å². The Labute approximate surface area is 161 Å². The van der Waals surface area contributed by atoms with E-state index in [2.05, 4.69) is 4.74 Å². The highest BCUT2D eigenvalue weighted by atomic mass is 19.4. The number of hydrogen-bond acceptors (Lipinski definition) is 4. The van der Waals surface area contributed by atoms with Crippen LogP contribution in [0.4, 0.5) is 13.2 Å². The second-order valence-electron chi connectivity index (χ2n) is 6.71. The summed E-state index contributed by atoms with van der Waals surface area (Å²) in [6.45, 7) is 4.40. The number of ether oxygens (including phenoxy) is 1. The molecule has 28 heavy (non-hydrogen) atoms. The lowest BCUT2D eigenvalue weighted by molar-refractivity contribution is -0.141. The molecule has 1 heterocycles. The van der Waals surface area contributed by atoms with E-state index in [1.54, 1.807) is 0 Å². The summed E-state index contributed by atoms with van der Waals surface area (Å²) in [7, 11) is 1.27. The van der Waals surface area contributed by atoms with E-state index < -0.39 is 23.6 Å². The third-order valence-electron chi connectivity index (χ3n) is 3.98. The average Bonchev–Trinajstić information content (AvgIpc) is 3.13. The molecule has 0 N–H and O–H groups in total. The summed E-state index contributed by atoms with van der Waals surface area (Å²) in [5.74, 6) is -0.564. The molecule has 0 spiro atoms. The number of methoxy groups -OCH3 is 1. The summed E-state index contributed by atoms with van der Waals surface area (Å²) in [6, 6.07) is 7.57. The Hall–Kier alpha value is -2.77. The summed E-state index contributed by atoms with van der Waals surface area (Å²) in [5.41, 5.74) is -0.576. The highest BCUT2D eigenvalue weighted by molar-refractivity contribution is 5.92. The third kappa shape index (κ3) is 5.61. The van der Waals surface area contributed by atoms with Gasteiger partial charge in [0.15, 0.2) is 5.76 Å². The number of alkyl halides is 3. The molecule has 2 aromatic rings. The number of benzene rings is 1. The molecule has 5 nitrogen and oxygen atoms in total. The lowest BCUT2D eigenvalue weighted by atomic mass is 10.1. The summed E-state index contributed by atoms with van der Waals surface area (Å²) in [6.07, 6.45) is -4.43. The molecule has 1 amide bonds. The summed E-state index contributed by atoms with van der Waals surface area (Å²) >= 11 is 0. The van der Waals surface area contributed by atoms with E-state index in [-0.39, 0.29) is 36.0 Å². The third-order valence-corrected chi connectivity index (χ3v) is 3.98. The Balaban J connectivity index is 2.22. The van der Waals surface area contributed by atoms with Crippen LogP contribution in [0, 0.1) is 5.92 Å². The van der Waals surface area contributed by atoms with Crippen molar-refractivity contribution in [3.05, 3.63) is 47.7 Å². The minimum absolute atomic E-state index is 0.00192. The molecule has 0 aliphatic carbocycles. The van der Waals surface area contributed by atoms with E-state index in [0.29, 0.717) is 6.54 Å². The largest absolute Gasteiger partial charge is 0.469 e. The van der Waals surface area contributed by atoms with Gasteiger partial charge in [-0.25, -0.2) is 0 Å². The van der Waals surface area contributed by atoms with Crippen molar-refractivity contribution in [3.8, 4) is 11.3 Å². The van der Waals surface area contributed by atoms with Gasteiger partial charge in [-0.1, -0.05) is 26.0 Å². The van der Waals surface area contributed by atoms with Gasteiger partial charge >= 0.3 is 12.1 Å². The molecule has 0 unspecified atom stereocenters. The number of furan rings is 1. The van der Waals surface area contributed by atoms with E-state index >= 15 is 0 Å². The molecule has 1 aromatic carbocycles. The first-order valence-electron chi connectivity index (χ1n) is 8.75. The fraction of sp³-hybridized carbons (Fsp3) is 0.400. The molecule has 0 saturated heterocycles. The number of hydrogen-bond donors (Lipinski definition) is 0. The highest BCUT2D eigenvalue weighted by Gasteiger charge is 2.30. The lowest BCUT2D eigenvalue weighted by Crippen LogP contribution is -2.35. The number of halogens is 3. The molecule has 1 aromatic heterocycles.